The largest absolute Gasteiger partial charge is 0.326 e. The van der Waals surface area contributed by atoms with Crippen molar-refractivity contribution in [1.82, 2.24) is 9.88 Å². The molecule has 1 aliphatic heterocycles. The molecule has 1 aromatic heterocycles. The number of carbonyl (C=O) groups is 1. The van der Waals surface area contributed by atoms with Gasteiger partial charge in [0.05, 0.1) is 10.7 Å². The van der Waals surface area contributed by atoms with Gasteiger partial charge in [-0.2, -0.15) is 0 Å². The number of likely N-dealkylation sites (tertiary alicyclic amines) is 1. The highest BCUT2D eigenvalue weighted by Crippen LogP contribution is 2.24. The summed E-state index contributed by atoms with van der Waals surface area (Å²) in [4.78, 5) is 19.4. The smallest absolute Gasteiger partial charge is 0.227 e. The van der Waals surface area contributed by atoms with Crippen LogP contribution in [0.5, 0.6) is 0 Å². The van der Waals surface area contributed by atoms with Crippen molar-refractivity contribution in [1.29, 1.82) is 0 Å². The van der Waals surface area contributed by atoms with Crippen molar-refractivity contribution in [2.45, 2.75) is 33.2 Å². The number of aryl methyl sites for hydroxylation is 2. The van der Waals surface area contributed by atoms with Gasteiger partial charge in [-0.05, 0) is 63.5 Å². The van der Waals surface area contributed by atoms with E-state index in [2.05, 4.69) is 36.5 Å². The van der Waals surface area contributed by atoms with Crippen molar-refractivity contribution in [3.05, 3.63) is 44.3 Å². The summed E-state index contributed by atoms with van der Waals surface area (Å²) < 4.78 is 1.03. The lowest BCUT2D eigenvalue weighted by atomic mass is 9.95. The Balaban J connectivity index is 1.51. The van der Waals surface area contributed by atoms with Gasteiger partial charge in [0.1, 0.15) is 0 Å². The molecule has 1 aliphatic rings. The van der Waals surface area contributed by atoms with E-state index in [1.165, 1.54) is 0 Å². The third-order valence-corrected chi connectivity index (χ3v) is 5.77. The Morgan fingerprint density at radius 1 is 1.38 bits per heavy atom. The number of hydrogen-bond acceptors (Lipinski definition) is 4. The maximum Gasteiger partial charge on any atom is 0.227 e. The summed E-state index contributed by atoms with van der Waals surface area (Å²) in [6, 6.07) is 5.94. The molecule has 0 radical (unpaired) electrons. The fourth-order valence-electron chi connectivity index (χ4n) is 3.07. The van der Waals surface area contributed by atoms with E-state index in [0.717, 1.165) is 58.9 Å². The lowest BCUT2D eigenvalue weighted by molar-refractivity contribution is -0.121. The number of halogens is 1. The first-order valence-electron chi connectivity index (χ1n) is 8.21. The third-order valence-electron chi connectivity index (χ3n) is 4.46. The summed E-state index contributed by atoms with van der Waals surface area (Å²) in [5, 5.41) is 6.33. The van der Waals surface area contributed by atoms with Gasteiger partial charge in [-0.15, -0.1) is 11.3 Å². The molecule has 1 saturated heterocycles. The second-order valence-electron chi connectivity index (χ2n) is 6.36. The quantitative estimate of drug-likeness (QED) is 0.817. The van der Waals surface area contributed by atoms with E-state index >= 15 is 0 Å². The van der Waals surface area contributed by atoms with Crippen LogP contribution in [-0.4, -0.2) is 28.9 Å². The maximum absolute atomic E-state index is 12.5. The number of rotatable bonds is 4. The van der Waals surface area contributed by atoms with E-state index in [4.69, 9.17) is 0 Å². The van der Waals surface area contributed by atoms with E-state index in [0.29, 0.717) is 0 Å². The van der Waals surface area contributed by atoms with Crippen LogP contribution in [0.1, 0.15) is 29.1 Å². The molecule has 24 heavy (non-hydrogen) atoms. The fraction of sp³-hybridized carbons (Fsp3) is 0.444. The molecular formula is C18H22BrN3OS. The molecule has 1 amide bonds. The molecule has 1 aromatic carbocycles. The number of aromatic nitrogens is 1. The maximum atomic E-state index is 12.5. The SMILES string of the molecule is Cc1nc(CN2CCC(C(=O)Nc3ccc(Br)cc3C)CC2)cs1. The zero-order valence-corrected chi connectivity index (χ0v) is 16.4. The van der Waals surface area contributed by atoms with E-state index in [-0.39, 0.29) is 11.8 Å². The normalized spacial score (nSPS) is 16.3. The van der Waals surface area contributed by atoms with Gasteiger partial charge in [-0.3, -0.25) is 9.69 Å². The van der Waals surface area contributed by atoms with Crippen LogP contribution in [0.15, 0.2) is 28.1 Å². The van der Waals surface area contributed by atoms with Crippen LogP contribution in [0.2, 0.25) is 0 Å². The molecule has 1 fully saturated rings. The molecule has 0 bridgehead atoms. The third kappa shape index (κ3) is 4.43. The van der Waals surface area contributed by atoms with Gasteiger partial charge in [-0.25, -0.2) is 4.98 Å². The van der Waals surface area contributed by atoms with E-state index < -0.39 is 0 Å². The summed E-state index contributed by atoms with van der Waals surface area (Å²) in [6.45, 7) is 6.85. The second-order valence-corrected chi connectivity index (χ2v) is 8.33. The summed E-state index contributed by atoms with van der Waals surface area (Å²) in [7, 11) is 0. The molecule has 2 aromatic rings. The van der Waals surface area contributed by atoms with Gasteiger partial charge < -0.3 is 5.32 Å². The molecule has 128 valence electrons. The minimum absolute atomic E-state index is 0.0986. The van der Waals surface area contributed by atoms with Gasteiger partial charge in [0.15, 0.2) is 0 Å². The monoisotopic (exact) mass is 407 g/mol. The Morgan fingerprint density at radius 2 is 2.12 bits per heavy atom. The fourth-order valence-corrected chi connectivity index (χ4v) is 4.14. The average Bonchev–Trinajstić information content (AvgIpc) is 2.96. The van der Waals surface area contributed by atoms with E-state index in [1.807, 2.05) is 32.0 Å². The number of nitrogens with one attached hydrogen (secondary N) is 1. The highest BCUT2D eigenvalue weighted by Gasteiger charge is 2.25. The zero-order valence-electron chi connectivity index (χ0n) is 14.0. The van der Waals surface area contributed by atoms with Crippen molar-refractivity contribution in [2.75, 3.05) is 18.4 Å². The van der Waals surface area contributed by atoms with Crippen molar-refractivity contribution >= 4 is 38.9 Å². The van der Waals surface area contributed by atoms with Crippen LogP contribution in [0, 0.1) is 19.8 Å². The standard InChI is InChI=1S/C18H22BrN3OS/c1-12-9-15(19)3-4-17(12)21-18(23)14-5-7-22(8-6-14)10-16-11-24-13(2)20-16/h3-4,9,11,14H,5-8,10H2,1-2H3,(H,21,23). The zero-order chi connectivity index (χ0) is 17.1. The Morgan fingerprint density at radius 3 is 2.75 bits per heavy atom. The Labute approximate surface area is 155 Å². The predicted octanol–water partition coefficient (Wildman–Crippen LogP) is 4.37. The molecule has 6 heteroatoms. The molecule has 0 spiro atoms. The van der Waals surface area contributed by atoms with Gasteiger partial charge in [0.25, 0.3) is 0 Å². The molecule has 2 heterocycles. The summed E-state index contributed by atoms with van der Waals surface area (Å²) >= 11 is 5.15. The van der Waals surface area contributed by atoms with E-state index in [9.17, 15) is 4.79 Å². The lowest BCUT2D eigenvalue weighted by Crippen LogP contribution is -2.37. The number of carbonyl (C=O) groups excluding carboxylic acids is 1. The number of thiazole rings is 1. The highest BCUT2D eigenvalue weighted by molar-refractivity contribution is 9.10. The van der Waals surface area contributed by atoms with Crippen LogP contribution in [0.25, 0.3) is 0 Å². The Hall–Kier alpha value is -1.24. The van der Waals surface area contributed by atoms with Crippen LogP contribution < -0.4 is 5.32 Å². The molecule has 4 nitrogen and oxygen atoms in total. The average molecular weight is 408 g/mol. The second kappa shape index (κ2) is 7.76. The van der Waals surface area contributed by atoms with E-state index in [1.54, 1.807) is 11.3 Å². The van der Waals surface area contributed by atoms with Crippen LogP contribution in [0.3, 0.4) is 0 Å². The van der Waals surface area contributed by atoms with Crippen molar-refractivity contribution in [2.24, 2.45) is 5.92 Å². The summed E-state index contributed by atoms with van der Waals surface area (Å²) in [5.74, 6) is 0.242. The number of nitrogens with zero attached hydrogens (tertiary/aromatic N) is 2. The molecule has 0 aliphatic carbocycles. The molecular weight excluding hydrogens is 386 g/mol. The van der Waals surface area contributed by atoms with Crippen LogP contribution in [0.4, 0.5) is 5.69 Å². The first-order valence-corrected chi connectivity index (χ1v) is 9.89. The number of benzene rings is 1. The highest BCUT2D eigenvalue weighted by atomic mass is 79.9. The number of amides is 1. The van der Waals surface area contributed by atoms with Crippen LogP contribution in [-0.2, 0) is 11.3 Å². The number of anilines is 1. The van der Waals surface area contributed by atoms with Gasteiger partial charge >= 0.3 is 0 Å². The Kier molecular flexibility index (Phi) is 5.69. The minimum atomic E-state index is 0.0986. The molecule has 0 saturated carbocycles. The Bertz CT molecular complexity index is 723. The predicted molar refractivity (Wildman–Crippen MR) is 102 cm³/mol. The van der Waals surface area contributed by atoms with Gasteiger partial charge in [0.2, 0.25) is 5.91 Å². The number of piperidine rings is 1. The lowest BCUT2D eigenvalue weighted by Gasteiger charge is -2.30. The number of hydrogen-bond donors (Lipinski definition) is 1. The first kappa shape index (κ1) is 17.6. The van der Waals surface area contributed by atoms with Crippen molar-refractivity contribution in [3.8, 4) is 0 Å². The molecule has 1 N–H and O–H groups in total. The van der Waals surface area contributed by atoms with Gasteiger partial charge in [-0.1, -0.05) is 15.9 Å². The summed E-state index contributed by atoms with van der Waals surface area (Å²) in [5.41, 5.74) is 3.13. The van der Waals surface area contributed by atoms with Crippen molar-refractivity contribution < 1.29 is 4.79 Å². The summed E-state index contributed by atoms with van der Waals surface area (Å²) in [6.07, 6.45) is 1.81. The molecule has 0 atom stereocenters. The minimum Gasteiger partial charge on any atom is -0.326 e. The topological polar surface area (TPSA) is 45.2 Å². The first-order chi connectivity index (χ1) is 11.5. The molecule has 0 unspecified atom stereocenters. The van der Waals surface area contributed by atoms with Crippen LogP contribution >= 0.6 is 27.3 Å². The molecule has 3 rings (SSSR count). The van der Waals surface area contributed by atoms with Crippen molar-refractivity contribution in [3.63, 3.8) is 0 Å². The van der Waals surface area contributed by atoms with Gasteiger partial charge in [0, 0.05) is 28.0 Å².